The number of hydrogen-bond acceptors (Lipinski definition) is 3. The molecule has 0 aromatic heterocycles. The molecule has 3 heteroatoms. The maximum atomic E-state index is 3.47. The van der Waals surface area contributed by atoms with E-state index in [1.807, 2.05) is 0 Å². The van der Waals surface area contributed by atoms with E-state index >= 15 is 0 Å². The van der Waals surface area contributed by atoms with Crippen LogP contribution in [0.15, 0.2) is 0 Å². The molecular weight excluding hydrogens is 210 g/mol. The summed E-state index contributed by atoms with van der Waals surface area (Å²) in [6, 6.07) is 1.81. The zero-order valence-corrected chi connectivity index (χ0v) is 11.0. The molecule has 0 aromatic rings. The van der Waals surface area contributed by atoms with Gasteiger partial charge in [-0.25, -0.2) is 0 Å². The van der Waals surface area contributed by atoms with E-state index in [0.29, 0.717) is 0 Å². The van der Waals surface area contributed by atoms with Crippen molar-refractivity contribution in [3.8, 4) is 0 Å². The van der Waals surface area contributed by atoms with E-state index in [1.54, 1.807) is 0 Å². The van der Waals surface area contributed by atoms with Gasteiger partial charge in [0.05, 0.1) is 0 Å². The Kier molecular flexibility index (Phi) is 3.99. The molecule has 3 aliphatic rings. The van der Waals surface area contributed by atoms with Crippen LogP contribution >= 0.6 is 0 Å². The fraction of sp³-hybridized carbons (Fsp3) is 1.00. The van der Waals surface area contributed by atoms with Gasteiger partial charge < -0.3 is 5.32 Å². The summed E-state index contributed by atoms with van der Waals surface area (Å²) >= 11 is 0. The van der Waals surface area contributed by atoms with Crippen molar-refractivity contribution in [2.75, 3.05) is 39.3 Å². The number of hydrogen-bond donors (Lipinski definition) is 1. The molecule has 3 nitrogen and oxygen atoms in total. The van der Waals surface area contributed by atoms with Crippen molar-refractivity contribution in [2.24, 2.45) is 0 Å². The molecule has 17 heavy (non-hydrogen) atoms. The topological polar surface area (TPSA) is 18.5 Å². The first kappa shape index (κ1) is 11.9. The molecule has 3 rings (SSSR count). The molecule has 1 saturated carbocycles. The highest BCUT2D eigenvalue weighted by Crippen LogP contribution is 2.25. The minimum atomic E-state index is 0.877. The van der Waals surface area contributed by atoms with Gasteiger partial charge in [-0.3, -0.25) is 9.80 Å². The highest BCUT2D eigenvalue weighted by Gasteiger charge is 2.29. The first-order chi connectivity index (χ1) is 8.43. The monoisotopic (exact) mass is 237 g/mol. The molecule has 2 heterocycles. The molecule has 2 saturated heterocycles. The molecule has 0 bridgehead atoms. The van der Waals surface area contributed by atoms with Gasteiger partial charge in [-0.2, -0.15) is 0 Å². The summed E-state index contributed by atoms with van der Waals surface area (Å²) in [5.41, 5.74) is 0. The SMILES string of the molecule is C1CCC(N2CCN(C3CCNCC3)CC2)C1. The first-order valence-corrected chi connectivity index (χ1v) is 7.62. The highest BCUT2D eigenvalue weighted by atomic mass is 15.3. The Labute approximate surface area is 106 Å². The summed E-state index contributed by atoms with van der Waals surface area (Å²) in [4.78, 5) is 5.52. The lowest BCUT2D eigenvalue weighted by atomic mass is 10.0. The van der Waals surface area contributed by atoms with Crippen LogP contribution in [0.1, 0.15) is 38.5 Å². The lowest BCUT2D eigenvalue weighted by Gasteiger charge is -2.42. The van der Waals surface area contributed by atoms with Crippen LogP contribution in [0.3, 0.4) is 0 Å². The quantitative estimate of drug-likeness (QED) is 0.781. The fourth-order valence-corrected chi connectivity index (χ4v) is 3.91. The van der Waals surface area contributed by atoms with Crippen LogP contribution in [0.25, 0.3) is 0 Å². The van der Waals surface area contributed by atoms with Gasteiger partial charge >= 0.3 is 0 Å². The molecule has 0 radical (unpaired) electrons. The van der Waals surface area contributed by atoms with E-state index in [-0.39, 0.29) is 0 Å². The van der Waals surface area contributed by atoms with Crippen molar-refractivity contribution >= 4 is 0 Å². The first-order valence-electron chi connectivity index (χ1n) is 7.62. The minimum Gasteiger partial charge on any atom is -0.317 e. The standard InChI is InChI=1S/C14H27N3/c1-2-4-13(3-1)16-9-11-17(12-10-16)14-5-7-15-8-6-14/h13-15H,1-12H2. The van der Waals surface area contributed by atoms with Crippen molar-refractivity contribution < 1.29 is 0 Å². The van der Waals surface area contributed by atoms with E-state index in [1.165, 1.54) is 77.8 Å². The van der Waals surface area contributed by atoms with Crippen LogP contribution in [0.4, 0.5) is 0 Å². The molecule has 0 aromatic carbocycles. The summed E-state index contributed by atoms with van der Waals surface area (Å²) in [6.07, 6.45) is 8.60. The second-order valence-electron chi connectivity index (χ2n) is 5.99. The largest absolute Gasteiger partial charge is 0.317 e. The Hall–Kier alpha value is -0.120. The van der Waals surface area contributed by atoms with Crippen LogP contribution in [-0.2, 0) is 0 Å². The Morgan fingerprint density at radius 1 is 0.647 bits per heavy atom. The molecular formula is C14H27N3. The van der Waals surface area contributed by atoms with Gasteiger partial charge in [0, 0.05) is 38.3 Å². The normalized spacial score (nSPS) is 31.1. The zero-order valence-electron chi connectivity index (χ0n) is 11.0. The van der Waals surface area contributed by atoms with Gasteiger partial charge in [-0.05, 0) is 38.8 Å². The van der Waals surface area contributed by atoms with Crippen LogP contribution in [0.2, 0.25) is 0 Å². The fourth-order valence-electron chi connectivity index (χ4n) is 3.91. The second-order valence-corrected chi connectivity index (χ2v) is 5.99. The Balaban J connectivity index is 1.46. The molecule has 0 unspecified atom stereocenters. The smallest absolute Gasteiger partial charge is 0.0120 e. The van der Waals surface area contributed by atoms with Gasteiger partial charge in [0.2, 0.25) is 0 Å². The molecule has 0 spiro atoms. The Bertz CT molecular complexity index is 224. The van der Waals surface area contributed by atoms with Crippen molar-refractivity contribution in [1.29, 1.82) is 0 Å². The lowest BCUT2D eigenvalue weighted by molar-refractivity contribution is 0.0602. The second kappa shape index (κ2) is 5.68. The Morgan fingerprint density at radius 3 is 1.65 bits per heavy atom. The number of nitrogens with one attached hydrogen (secondary N) is 1. The van der Waals surface area contributed by atoms with E-state index in [2.05, 4.69) is 15.1 Å². The molecule has 1 N–H and O–H groups in total. The highest BCUT2D eigenvalue weighted by molar-refractivity contribution is 4.86. The number of rotatable bonds is 2. The summed E-state index contributed by atoms with van der Waals surface area (Å²) in [5.74, 6) is 0. The number of piperazine rings is 1. The predicted octanol–water partition coefficient (Wildman–Crippen LogP) is 1.30. The van der Waals surface area contributed by atoms with Crippen molar-refractivity contribution in [3.05, 3.63) is 0 Å². The summed E-state index contributed by atoms with van der Waals surface area (Å²) < 4.78 is 0. The van der Waals surface area contributed by atoms with E-state index in [0.717, 1.165) is 12.1 Å². The molecule has 98 valence electrons. The minimum absolute atomic E-state index is 0.877. The number of nitrogens with zero attached hydrogens (tertiary/aromatic N) is 2. The van der Waals surface area contributed by atoms with Gasteiger partial charge in [0.25, 0.3) is 0 Å². The number of piperidine rings is 1. The summed E-state index contributed by atoms with van der Waals surface area (Å²) in [6.45, 7) is 7.76. The Morgan fingerprint density at radius 2 is 1.12 bits per heavy atom. The van der Waals surface area contributed by atoms with Crippen LogP contribution in [0, 0.1) is 0 Å². The van der Waals surface area contributed by atoms with Gasteiger partial charge in [0.15, 0.2) is 0 Å². The summed E-state index contributed by atoms with van der Waals surface area (Å²) in [5, 5.41) is 3.47. The maximum absolute atomic E-state index is 3.47. The molecule has 0 amide bonds. The third-order valence-corrected chi connectivity index (χ3v) is 5.02. The van der Waals surface area contributed by atoms with Crippen molar-refractivity contribution in [1.82, 2.24) is 15.1 Å². The zero-order chi connectivity index (χ0) is 11.5. The van der Waals surface area contributed by atoms with Crippen LogP contribution in [0.5, 0.6) is 0 Å². The lowest BCUT2D eigenvalue weighted by Crippen LogP contribution is -2.54. The van der Waals surface area contributed by atoms with Gasteiger partial charge in [-0.15, -0.1) is 0 Å². The summed E-state index contributed by atoms with van der Waals surface area (Å²) in [7, 11) is 0. The van der Waals surface area contributed by atoms with Crippen molar-refractivity contribution in [3.63, 3.8) is 0 Å². The maximum Gasteiger partial charge on any atom is 0.0120 e. The average molecular weight is 237 g/mol. The van der Waals surface area contributed by atoms with E-state index < -0.39 is 0 Å². The molecule has 0 atom stereocenters. The third-order valence-electron chi connectivity index (χ3n) is 5.02. The molecule has 2 aliphatic heterocycles. The van der Waals surface area contributed by atoms with Crippen LogP contribution < -0.4 is 5.32 Å². The van der Waals surface area contributed by atoms with Crippen LogP contribution in [-0.4, -0.2) is 61.2 Å². The average Bonchev–Trinajstić information content (AvgIpc) is 2.94. The van der Waals surface area contributed by atoms with E-state index in [4.69, 9.17) is 0 Å². The van der Waals surface area contributed by atoms with Gasteiger partial charge in [-0.1, -0.05) is 12.8 Å². The van der Waals surface area contributed by atoms with Gasteiger partial charge in [0.1, 0.15) is 0 Å². The third kappa shape index (κ3) is 2.83. The molecule has 1 aliphatic carbocycles. The van der Waals surface area contributed by atoms with E-state index in [9.17, 15) is 0 Å². The van der Waals surface area contributed by atoms with Crippen molar-refractivity contribution in [2.45, 2.75) is 50.6 Å². The molecule has 3 fully saturated rings. The predicted molar refractivity (Wildman–Crippen MR) is 71.3 cm³/mol.